The number of piperidine rings is 1. The summed E-state index contributed by atoms with van der Waals surface area (Å²) in [7, 11) is 0. The molecule has 0 saturated carbocycles. The zero-order valence-electron chi connectivity index (χ0n) is 11.0. The Morgan fingerprint density at radius 2 is 2.40 bits per heavy atom. The molecule has 0 aliphatic carbocycles. The molecule has 0 aromatic carbocycles. The third kappa shape index (κ3) is 2.61. The number of urea groups is 1. The van der Waals surface area contributed by atoms with Gasteiger partial charge in [0.15, 0.2) is 5.82 Å². The van der Waals surface area contributed by atoms with E-state index in [9.17, 15) is 4.79 Å². The van der Waals surface area contributed by atoms with Crippen LogP contribution in [0.25, 0.3) is 0 Å². The monoisotopic (exact) mass is 272 g/mol. The minimum atomic E-state index is -0.142. The summed E-state index contributed by atoms with van der Waals surface area (Å²) in [6.07, 6.45) is 8.28. The first-order chi connectivity index (χ1) is 9.84. The zero-order valence-corrected chi connectivity index (χ0v) is 11.0. The molecule has 1 aliphatic rings. The van der Waals surface area contributed by atoms with Crippen LogP contribution in [0.1, 0.15) is 30.9 Å². The van der Waals surface area contributed by atoms with Crippen molar-refractivity contribution in [3.8, 4) is 0 Å². The van der Waals surface area contributed by atoms with Crippen LogP contribution in [0.3, 0.4) is 0 Å². The van der Waals surface area contributed by atoms with E-state index in [-0.39, 0.29) is 12.1 Å². The minimum Gasteiger partial charge on any atom is -0.317 e. The molecule has 1 atom stereocenters. The normalized spacial score (nSPS) is 18.8. The van der Waals surface area contributed by atoms with E-state index < -0.39 is 0 Å². The van der Waals surface area contributed by atoms with Crippen molar-refractivity contribution in [1.29, 1.82) is 0 Å². The van der Waals surface area contributed by atoms with Crippen molar-refractivity contribution < 1.29 is 4.79 Å². The quantitative estimate of drug-likeness (QED) is 0.874. The Morgan fingerprint density at radius 3 is 3.15 bits per heavy atom. The molecule has 2 N–H and O–H groups in total. The van der Waals surface area contributed by atoms with E-state index in [0.29, 0.717) is 5.82 Å². The third-order valence-electron chi connectivity index (χ3n) is 3.48. The van der Waals surface area contributed by atoms with Crippen molar-refractivity contribution in [3.05, 3.63) is 36.3 Å². The molecule has 0 bridgehead atoms. The number of hydrogen-bond donors (Lipinski definition) is 2. The predicted octanol–water partition coefficient (Wildman–Crippen LogP) is 1.96. The number of nitrogens with zero attached hydrogens (tertiary/aromatic N) is 4. The Kier molecular flexibility index (Phi) is 3.58. The number of nitrogens with one attached hydrogen (secondary N) is 2. The van der Waals surface area contributed by atoms with Crippen LogP contribution in [-0.4, -0.2) is 37.9 Å². The summed E-state index contributed by atoms with van der Waals surface area (Å²) in [4.78, 5) is 14.2. The Labute approximate surface area is 116 Å². The Bertz CT molecular complexity index is 556. The minimum absolute atomic E-state index is 0.0687. The molecule has 1 saturated heterocycles. The maximum atomic E-state index is 12.4. The summed E-state index contributed by atoms with van der Waals surface area (Å²) in [6, 6.07) is 3.39. The van der Waals surface area contributed by atoms with Crippen molar-refractivity contribution in [2.45, 2.75) is 25.3 Å². The first kappa shape index (κ1) is 12.6. The van der Waals surface area contributed by atoms with E-state index in [0.717, 1.165) is 31.4 Å². The molecule has 7 nitrogen and oxygen atoms in total. The van der Waals surface area contributed by atoms with Gasteiger partial charge in [0.05, 0.1) is 12.2 Å². The molecule has 1 aliphatic heterocycles. The standard InChI is InChI=1S/C13H16N6O/c20-13(17-12-5-3-6-14-18-12)19-7-2-1-4-11(19)10-8-15-16-9-10/h3,5-6,8-9,11H,1-2,4,7H2,(H,15,16)(H,17,18,20). The van der Waals surface area contributed by atoms with Gasteiger partial charge in [0.1, 0.15) is 0 Å². The summed E-state index contributed by atoms with van der Waals surface area (Å²) in [6.45, 7) is 0.738. The van der Waals surface area contributed by atoms with Crippen molar-refractivity contribution >= 4 is 11.8 Å². The molecular formula is C13H16N6O. The lowest BCUT2D eigenvalue weighted by Gasteiger charge is -2.35. The zero-order chi connectivity index (χ0) is 13.8. The predicted molar refractivity (Wildman–Crippen MR) is 72.9 cm³/mol. The van der Waals surface area contributed by atoms with Gasteiger partial charge in [-0.3, -0.25) is 10.4 Å². The maximum absolute atomic E-state index is 12.4. The van der Waals surface area contributed by atoms with Crippen LogP contribution >= 0.6 is 0 Å². The average Bonchev–Trinajstić information content (AvgIpc) is 3.02. The van der Waals surface area contributed by atoms with Gasteiger partial charge in [0, 0.05) is 24.5 Å². The molecule has 2 aromatic heterocycles. The van der Waals surface area contributed by atoms with Crippen LogP contribution in [0.15, 0.2) is 30.7 Å². The van der Waals surface area contributed by atoms with Crippen LogP contribution in [-0.2, 0) is 0 Å². The van der Waals surface area contributed by atoms with E-state index >= 15 is 0 Å². The molecule has 7 heteroatoms. The highest BCUT2D eigenvalue weighted by Gasteiger charge is 2.28. The Morgan fingerprint density at radius 1 is 1.45 bits per heavy atom. The summed E-state index contributed by atoms with van der Waals surface area (Å²) in [5, 5.41) is 17.2. The summed E-state index contributed by atoms with van der Waals surface area (Å²) < 4.78 is 0. The van der Waals surface area contributed by atoms with Crippen molar-refractivity contribution in [1.82, 2.24) is 25.3 Å². The van der Waals surface area contributed by atoms with Gasteiger partial charge in [-0.15, -0.1) is 5.10 Å². The topological polar surface area (TPSA) is 86.8 Å². The number of hydrogen-bond acceptors (Lipinski definition) is 4. The largest absolute Gasteiger partial charge is 0.323 e. The first-order valence-electron chi connectivity index (χ1n) is 6.68. The first-order valence-corrected chi connectivity index (χ1v) is 6.68. The molecule has 1 fully saturated rings. The number of aromatic amines is 1. The summed E-state index contributed by atoms with van der Waals surface area (Å²) >= 11 is 0. The SMILES string of the molecule is O=C(Nc1cccnn1)N1CCCCC1c1cn[nH]c1. The molecule has 3 heterocycles. The lowest BCUT2D eigenvalue weighted by molar-refractivity contribution is 0.163. The molecule has 3 rings (SSSR count). The van der Waals surface area contributed by atoms with Crippen molar-refractivity contribution in [3.63, 3.8) is 0 Å². The molecule has 20 heavy (non-hydrogen) atoms. The van der Waals surface area contributed by atoms with E-state index in [4.69, 9.17) is 0 Å². The highest BCUT2D eigenvalue weighted by atomic mass is 16.2. The average molecular weight is 272 g/mol. The number of aromatic nitrogens is 4. The number of carbonyl (C=O) groups excluding carboxylic acids is 1. The molecule has 0 spiro atoms. The van der Waals surface area contributed by atoms with Gasteiger partial charge in [-0.2, -0.15) is 10.2 Å². The third-order valence-corrected chi connectivity index (χ3v) is 3.48. The smallest absolute Gasteiger partial charge is 0.317 e. The van der Waals surface area contributed by atoms with E-state index in [1.54, 1.807) is 24.5 Å². The summed E-state index contributed by atoms with van der Waals surface area (Å²) in [5.41, 5.74) is 1.04. The van der Waals surface area contributed by atoms with E-state index in [1.165, 1.54) is 0 Å². The van der Waals surface area contributed by atoms with Gasteiger partial charge < -0.3 is 4.90 Å². The number of carbonyl (C=O) groups is 1. The highest BCUT2D eigenvalue weighted by Crippen LogP contribution is 2.30. The lowest BCUT2D eigenvalue weighted by atomic mass is 9.98. The maximum Gasteiger partial charge on any atom is 0.323 e. The Hall–Kier alpha value is -2.44. The molecule has 104 valence electrons. The van der Waals surface area contributed by atoms with Crippen LogP contribution in [0.5, 0.6) is 0 Å². The number of anilines is 1. The van der Waals surface area contributed by atoms with Gasteiger partial charge in [0.2, 0.25) is 0 Å². The molecular weight excluding hydrogens is 256 g/mol. The molecule has 1 unspecified atom stereocenters. The van der Waals surface area contributed by atoms with Crippen LogP contribution in [0, 0.1) is 0 Å². The highest BCUT2D eigenvalue weighted by molar-refractivity contribution is 5.88. The molecule has 0 radical (unpaired) electrons. The van der Waals surface area contributed by atoms with Crippen molar-refractivity contribution in [2.24, 2.45) is 0 Å². The lowest BCUT2D eigenvalue weighted by Crippen LogP contribution is -2.41. The number of H-pyrrole nitrogens is 1. The van der Waals surface area contributed by atoms with Gasteiger partial charge in [-0.25, -0.2) is 4.79 Å². The fourth-order valence-electron chi connectivity index (χ4n) is 2.51. The fourth-order valence-corrected chi connectivity index (χ4v) is 2.51. The second kappa shape index (κ2) is 5.68. The summed E-state index contributed by atoms with van der Waals surface area (Å²) in [5.74, 6) is 0.467. The van der Waals surface area contributed by atoms with Crippen LogP contribution < -0.4 is 5.32 Å². The molecule has 2 amide bonds. The Balaban J connectivity index is 1.74. The number of likely N-dealkylation sites (tertiary alicyclic amines) is 1. The number of rotatable bonds is 2. The second-order valence-corrected chi connectivity index (χ2v) is 4.78. The molecule has 2 aromatic rings. The fraction of sp³-hybridized carbons (Fsp3) is 0.385. The van der Waals surface area contributed by atoms with Gasteiger partial charge >= 0.3 is 6.03 Å². The van der Waals surface area contributed by atoms with Crippen molar-refractivity contribution in [2.75, 3.05) is 11.9 Å². The second-order valence-electron chi connectivity index (χ2n) is 4.78. The number of amides is 2. The van der Waals surface area contributed by atoms with Gasteiger partial charge in [0.25, 0.3) is 0 Å². The van der Waals surface area contributed by atoms with E-state index in [2.05, 4.69) is 25.7 Å². The van der Waals surface area contributed by atoms with Crippen LogP contribution in [0.2, 0.25) is 0 Å². The van der Waals surface area contributed by atoms with Crippen LogP contribution in [0.4, 0.5) is 10.6 Å². The van der Waals surface area contributed by atoms with Gasteiger partial charge in [-0.05, 0) is 31.4 Å². The van der Waals surface area contributed by atoms with E-state index in [1.807, 2.05) is 11.1 Å². The van der Waals surface area contributed by atoms with Gasteiger partial charge in [-0.1, -0.05) is 0 Å².